The molecular formula is C15H16N4O4. The fourth-order valence-electron chi connectivity index (χ4n) is 2.68. The highest BCUT2D eigenvalue weighted by Gasteiger charge is 2.25. The summed E-state index contributed by atoms with van der Waals surface area (Å²) >= 11 is 0. The lowest BCUT2D eigenvalue weighted by atomic mass is 10.1. The molecule has 8 heteroatoms. The van der Waals surface area contributed by atoms with Gasteiger partial charge in [0.05, 0.1) is 31.5 Å². The molecule has 0 spiro atoms. The lowest BCUT2D eigenvalue weighted by molar-refractivity contribution is 0.0599. The number of nitrogens with zero attached hydrogens (tertiary/aromatic N) is 4. The summed E-state index contributed by atoms with van der Waals surface area (Å²) in [6, 6.07) is 7.16. The van der Waals surface area contributed by atoms with Crippen molar-refractivity contribution >= 4 is 12.1 Å². The van der Waals surface area contributed by atoms with E-state index in [0.29, 0.717) is 30.8 Å². The second kappa shape index (κ2) is 6.07. The number of ether oxygens (including phenoxy) is 1. The van der Waals surface area contributed by atoms with Crippen LogP contribution in [0.25, 0.3) is 0 Å². The number of fused-ring (bicyclic) bond motifs is 1. The standard InChI is InChI=1S/C15H16N4O4/c1-23-14(20)11-5-3-2-4-10(11)8-19-13-6-7-18(15(21)22)9-12(13)16-17-19/h2-5H,6-9H2,1H3,(H,21,22). The van der Waals surface area contributed by atoms with Crippen molar-refractivity contribution < 1.29 is 19.4 Å². The number of hydrogen-bond donors (Lipinski definition) is 1. The zero-order chi connectivity index (χ0) is 16.4. The molecule has 1 amide bonds. The summed E-state index contributed by atoms with van der Waals surface area (Å²) in [5, 5.41) is 17.2. The topological polar surface area (TPSA) is 97.6 Å². The molecule has 0 saturated carbocycles. The van der Waals surface area contributed by atoms with Crippen molar-refractivity contribution in [1.82, 2.24) is 19.9 Å². The molecule has 23 heavy (non-hydrogen) atoms. The third-order valence-electron chi connectivity index (χ3n) is 3.89. The first-order chi connectivity index (χ1) is 11.1. The molecule has 1 aliphatic rings. The number of methoxy groups -OCH3 is 1. The number of rotatable bonds is 3. The molecule has 8 nitrogen and oxygen atoms in total. The Hall–Kier alpha value is -2.90. The number of hydrogen-bond acceptors (Lipinski definition) is 5. The Morgan fingerprint density at radius 1 is 1.35 bits per heavy atom. The van der Waals surface area contributed by atoms with Crippen LogP contribution in [0.2, 0.25) is 0 Å². The Kier molecular flexibility index (Phi) is 3.96. The Labute approximate surface area is 132 Å². The van der Waals surface area contributed by atoms with Crippen molar-refractivity contribution in [3.8, 4) is 0 Å². The van der Waals surface area contributed by atoms with Gasteiger partial charge in [-0.1, -0.05) is 23.4 Å². The van der Waals surface area contributed by atoms with Gasteiger partial charge in [0, 0.05) is 13.0 Å². The molecule has 1 aliphatic heterocycles. The van der Waals surface area contributed by atoms with Crippen molar-refractivity contribution in [2.24, 2.45) is 0 Å². The minimum Gasteiger partial charge on any atom is -0.465 e. The van der Waals surface area contributed by atoms with E-state index in [9.17, 15) is 9.59 Å². The van der Waals surface area contributed by atoms with Crippen LogP contribution in [-0.4, -0.2) is 50.7 Å². The molecule has 0 radical (unpaired) electrons. The summed E-state index contributed by atoms with van der Waals surface area (Å²) in [6.45, 7) is 1.04. The molecule has 0 fully saturated rings. The van der Waals surface area contributed by atoms with Crippen molar-refractivity contribution in [2.75, 3.05) is 13.7 Å². The van der Waals surface area contributed by atoms with Gasteiger partial charge < -0.3 is 14.7 Å². The molecular weight excluding hydrogens is 300 g/mol. The van der Waals surface area contributed by atoms with Crippen molar-refractivity contribution in [3.05, 3.63) is 46.8 Å². The van der Waals surface area contributed by atoms with Gasteiger partial charge in [-0.05, 0) is 11.6 Å². The Morgan fingerprint density at radius 2 is 2.13 bits per heavy atom. The van der Waals surface area contributed by atoms with E-state index in [1.165, 1.54) is 12.0 Å². The van der Waals surface area contributed by atoms with Gasteiger partial charge in [0.25, 0.3) is 0 Å². The van der Waals surface area contributed by atoms with Crippen LogP contribution in [0.15, 0.2) is 24.3 Å². The lowest BCUT2D eigenvalue weighted by Gasteiger charge is -2.23. The normalized spacial score (nSPS) is 13.5. The average Bonchev–Trinajstić information content (AvgIpc) is 2.97. The van der Waals surface area contributed by atoms with Crippen molar-refractivity contribution in [1.29, 1.82) is 0 Å². The average molecular weight is 316 g/mol. The predicted molar refractivity (Wildman–Crippen MR) is 79.0 cm³/mol. The molecule has 3 rings (SSSR count). The van der Waals surface area contributed by atoms with Gasteiger partial charge in [0.15, 0.2) is 0 Å². The van der Waals surface area contributed by atoms with Gasteiger partial charge >= 0.3 is 12.1 Å². The van der Waals surface area contributed by atoms with Crippen molar-refractivity contribution in [2.45, 2.75) is 19.5 Å². The molecule has 1 aromatic heterocycles. The SMILES string of the molecule is COC(=O)c1ccccc1Cn1nnc2c1CCN(C(=O)O)C2. The van der Waals surface area contributed by atoms with Gasteiger partial charge in [0.1, 0.15) is 5.69 Å². The number of aromatic nitrogens is 3. The second-order valence-electron chi connectivity index (χ2n) is 5.24. The number of benzene rings is 1. The van der Waals surface area contributed by atoms with Crippen LogP contribution in [0.5, 0.6) is 0 Å². The maximum absolute atomic E-state index is 11.8. The van der Waals surface area contributed by atoms with Crippen LogP contribution in [0, 0.1) is 0 Å². The lowest BCUT2D eigenvalue weighted by Crippen LogP contribution is -2.35. The first-order valence-corrected chi connectivity index (χ1v) is 7.15. The van der Waals surface area contributed by atoms with Crippen LogP contribution in [-0.2, 0) is 24.2 Å². The quantitative estimate of drug-likeness (QED) is 0.853. The molecule has 0 saturated heterocycles. The van der Waals surface area contributed by atoms with E-state index in [-0.39, 0.29) is 6.54 Å². The van der Waals surface area contributed by atoms with Crippen molar-refractivity contribution in [3.63, 3.8) is 0 Å². The molecule has 0 atom stereocenters. The molecule has 1 N–H and O–H groups in total. The van der Waals surface area contributed by atoms with E-state index >= 15 is 0 Å². The summed E-state index contributed by atoms with van der Waals surface area (Å²) in [5.74, 6) is -0.397. The third kappa shape index (κ3) is 2.87. The number of amides is 1. The maximum Gasteiger partial charge on any atom is 0.407 e. The number of carbonyl (C=O) groups is 2. The monoisotopic (exact) mass is 316 g/mol. The Morgan fingerprint density at radius 3 is 2.87 bits per heavy atom. The van der Waals surface area contributed by atoms with Crippen LogP contribution in [0.4, 0.5) is 4.79 Å². The summed E-state index contributed by atoms with van der Waals surface area (Å²) in [5.41, 5.74) is 2.84. The smallest absolute Gasteiger partial charge is 0.407 e. The fourth-order valence-corrected chi connectivity index (χ4v) is 2.68. The highest BCUT2D eigenvalue weighted by molar-refractivity contribution is 5.90. The Bertz CT molecular complexity index is 756. The van der Waals surface area contributed by atoms with Crippen LogP contribution in [0.1, 0.15) is 27.3 Å². The summed E-state index contributed by atoms with van der Waals surface area (Å²) < 4.78 is 6.51. The number of esters is 1. The summed E-state index contributed by atoms with van der Waals surface area (Å²) in [6.07, 6.45) is -0.407. The second-order valence-corrected chi connectivity index (χ2v) is 5.24. The fraction of sp³-hybridized carbons (Fsp3) is 0.333. The summed E-state index contributed by atoms with van der Waals surface area (Å²) in [7, 11) is 1.34. The summed E-state index contributed by atoms with van der Waals surface area (Å²) in [4.78, 5) is 24.2. The minimum atomic E-state index is -0.957. The van der Waals surface area contributed by atoms with Gasteiger partial charge in [0.2, 0.25) is 0 Å². The maximum atomic E-state index is 11.8. The highest BCUT2D eigenvalue weighted by atomic mass is 16.5. The van der Waals surface area contributed by atoms with Crippen LogP contribution in [0.3, 0.4) is 0 Å². The molecule has 1 aromatic carbocycles. The Balaban J connectivity index is 1.86. The van der Waals surface area contributed by atoms with Gasteiger partial charge in [-0.2, -0.15) is 0 Å². The van der Waals surface area contributed by atoms with Gasteiger partial charge in [-0.15, -0.1) is 5.10 Å². The van der Waals surface area contributed by atoms with Crippen LogP contribution < -0.4 is 0 Å². The van der Waals surface area contributed by atoms with E-state index in [1.54, 1.807) is 16.8 Å². The zero-order valence-corrected chi connectivity index (χ0v) is 12.6. The molecule has 0 bridgehead atoms. The largest absolute Gasteiger partial charge is 0.465 e. The van der Waals surface area contributed by atoms with E-state index < -0.39 is 12.1 Å². The highest BCUT2D eigenvalue weighted by Crippen LogP contribution is 2.19. The van der Waals surface area contributed by atoms with Gasteiger partial charge in [-0.3, -0.25) is 0 Å². The number of carbonyl (C=O) groups excluding carboxylic acids is 1. The third-order valence-corrected chi connectivity index (χ3v) is 3.89. The predicted octanol–water partition coefficient (Wildman–Crippen LogP) is 1.15. The molecule has 2 aromatic rings. The molecule has 0 unspecified atom stereocenters. The van der Waals surface area contributed by atoms with Gasteiger partial charge in [-0.25, -0.2) is 14.3 Å². The number of carboxylic acid groups (broad SMARTS) is 1. The first kappa shape index (κ1) is 15.0. The van der Waals surface area contributed by atoms with Crippen LogP contribution >= 0.6 is 0 Å². The molecule has 0 aliphatic carbocycles. The van der Waals surface area contributed by atoms with E-state index in [1.807, 2.05) is 12.1 Å². The molecule has 120 valence electrons. The first-order valence-electron chi connectivity index (χ1n) is 7.15. The molecule has 2 heterocycles. The van der Waals surface area contributed by atoms with E-state index in [4.69, 9.17) is 9.84 Å². The van der Waals surface area contributed by atoms with E-state index in [0.717, 1.165) is 11.3 Å². The minimum absolute atomic E-state index is 0.239. The zero-order valence-electron chi connectivity index (χ0n) is 12.6. The van der Waals surface area contributed by atoms with E-state index in [2.05, 4.69) is 10.3 Å².